The molecule has 0 saturated heterocycles. The maximum absolute atomic E-state index is 5.40. The molecule has 0 unspecified atom stereocenters. The summed E-state index contributed by atoms with van der Waals surface area (Å²) in [5, 5.41) is 9.98. The van der Waals surface area contributed by atoms with Gasteiger partial charge >= 0.3 is 97.8 Å². The Bertz CT molecular complexity index is 470. The monoisotopic (exact) mass is 330 g/mol. The number of hydrogen-bond donors (Lipinski definition) is 0. The molecule has 0 saturated carbocycles. The number of hydrogen-bond acceptors (Lipinski definition) is 4. The van der Waals surface area contributed by atoms with Gasteiger partial charge in [0, 0.05) is 0 Å². The molecule has 0 radical (unpaired) electrons. The summed E-state index contributed by atoms with van der Waals surface area (Å²) in [4.78, 5) is 7.22. The summed E-state index contributed by atoms with van der Waals surface area (Å²) in [6, 6.07) is 2.22. The van der Waals surface area contributed by atoms with Gasteiger partial charge in [-0.25, -0.2) is 0 Å². The molecule has 2 heterocycles. The van der Waals surface area contributed by atoms with Crippen LogP contribution >= 0.6 is 11.3 Å². The maximum atomic E-state index is 5.40. The van der Waals surface area contributed by atoms with E-state index in [9.17, 15) is 0 Å². The molecule has 0 aliphatic heterocycles. The molecule has 0 aliphatic rings. The van der Waals surface area contributed by atoms with Crippen LogP contribution in [0.1, 0.15) is 5.89 Å². The Kier molecular flexibility index (Phi) is 2.89. The first-order valence-electron chi connectivity index (χ1n) is 4.86. The van der Waals surface area contributed by atoms with Crippen LogP contribution in [0.4, 0.5) is 0 Å². The quantitative estimate of drug-likeness (QED) is 0.795. The number of nitrogens with zero attached hydrogens (tertiary/aromatic N) is 2. The third kappa shape index (κ3) is 2.42. The van der Waals surface area contributed by atoms with Gasteiger partial charge in [-0.1, -0.05) is 0 Å². The second-order valence-electron chi connectivity index (χ2n) is 4.58. The van der Waals surface area contributed by atoms with Gasteiger partial charge < -0.3 is 0 Å². The molecule has 0 N–H and O–H groups in total. The normalized spacial score (nSPS) is 12.0. The fraction of sp³-hybridized carbons (Fsp3) is 0.400. The van der Waals surface area contributed by atoms with Crippen molar-refractivity contribution in [2.24, 2.45) is 0 Å². The van der Waals surface area contributed by atoms with Crippen molar-refractivity contribution < 1.29 is 4.42 Å². The van der Waals surface area contributed by atoms with E-state index in [4.69, 9.17) is 4.42 Å². The van der Waals surface area contributed by atoms with Crippen molar-refractivity contribution in [3.8, 4) is 11.5 Å². The Morgan fingerprint density at radius 1 is 1.27 bits per heavy atom. The van der Waals surface area contributed by atoms with E-state index in [2.05, 4.69) is 36.5 Å². The molecule has 2 rings (SSSR count). The van der Waals surface area contributed by atoms with Gasteiger partial charge in [0.15, 0.2) is 0 Å². The second-order valence-corrected chi connectivity index (χ2v) is 20.9. The van der Waals surface area contributed by atoms with Crippen LogP contribution in [0.2, 0.25) is 14.8 Å². The van der Waals surface area contributed by atoms with Crippen molar-refractivity contribution in [1.29, 1.82) is 0 Å². The van der Waals surface area contributed by atoms with E-state index >= 15 is 0 Å². The topological polar surface area (TPSA) is 38.9 Å². The molecule has 2 aromatic rings. The summed E-state index contributed by atoms with van der Waals surface area (Å²) in [6.45, 7) is 1.81. The summed E-state index contributed by atoms with van der Waals surface area (Å²) in [7, 11) is 0. The fourth-order valence-electron chi connectivity index (χ4n) is 1.25. The molecule has 0 bridgehead atoms. The van der Waals surface area contributed by atoms with Crippen LogP contribution in [0.5, 0.6) is 0 Å². The van der Waals surface area contributed by atoms with E-state index in [-0.39, 0.29) is 0 Å². The first-order chi connectivity index (χ1) is 6.97. The van der Waals surface area contributed by atoms with Crippen LogP contribution < -0.4 is 2.89 Å². The predicted molar refractivity (Wildman–Crippen MR) is 65.3 cm³/mol. The van der Waals surface area contributed by atoms with Crippen LogP contribution in [0.3, 0.4) is 0 Å². The van der Waals surface area contributed by atoms with E-state index in [1.165, 1.54) is 2.89 Å². The molecule has 2 aromatic heterocycles. The Morgan fingerprint density at radius 3 is 2.47 bits per heavy atom. The average molecular weight is 329 g/mol. The number of aryl methyl sites for hydroxylation is 1. The summed E-state index contributed by atoms with van der Waals surface area (Å²) >= 11 is -0.0947. The summed E-state index contributed by atoms with van der Waals surface area (Å²) in [6.07, 6.45) is 0. The van der Waals surface area contributed by atoms with Gasteiger partial charge in [0.25, 0.3) is 0 Å². The standard InChI is InChI=1S/C7H5N2OS.3CH3.Sn/c1-5-8-9-7(10-5)6-2-3-11-4-6;;;;/h2,4H,1H3;3*1H3;. The Hall–Kier alpha value is -0.361. The van der Waals surface area contributed by atoms with Crippen molar-refractivity contribution in [1.82, 2.24) is 10.2 Å². The molecule has 0 fully saturated rings. The molecule has 0 aromatic carbocycles. The van der Waals surface area contributed by atoms with Crippen molar-refractivity contribution in [2.75, 3.05) is 0 Å². The summed E-state index contributed by atoms with van der Waals surface area (Å²) < 4.78 is 6.94. The average Bonchev–Trinajstić information content (AvgIpc) is 2.69. The third-order valence-electron chi connectivity index (χ3n) is 2.11. The minimum absolute atomic E-state index is 0.622. The first-order valence-corrected chi connectivity index (χ1v) is 15.7. The zero-order chi connectivity index (χ0) is 11.1. The zero-order valence-electron chi connectivity index (χ0n) is 9.37. The molecule has 5 heteroatoms. The number of thiophene rings is 1. The van der Waals surface area contributed by atoms with E-state index < -0.39 is 18.4 Å². The number of aromatic nitrogens is 2. The van der Waals surface area contributed by atoms with E-state index in [1.807, 2.05) is 18.3 Å². The van der Waals surface area contributed by atoms with Crippen molar-refractivity contribution in [3.63, 3.8) is 0 Å². The summed E-state index contributed by atoms with van der Waals surface area (Å²) in [5.41, 5.74) is 1.07. The Labute approximate surface area is 97.4 Å². The number of rotatable bonds is 2. The van der Waals surface area contributed by atoms with Gasteiger partial charge in [-0.05, 0) is 0 Å². The van der Waals surface area contributed by atoms with E-state index in [0.29, 0.717) is 11.8 Å². The van der Waals surface area contributed by atoms with Gasteiger partial charge in [0.1, 0.15) is 0 Å². The van der Waals surface area contributed by atoms with Crippen LogP contribution in [-0.4, -0.2) is 28.6 Å². The van der Waals surface area contributed by atoms with Crippen LogP contribution in [-0.2, 0) is 0 Å². The molecule has 0 atom stereocenters. The van der Waals surface area contributed by atoms with Crippen molar-refractivity contribution >= 4 is 32.6 Å². The SMILES string of the molecule is Cc1nnc(-c2cs[c]([Sn]([CH3])([CH3])[CH3])c2)o1. The molecule has 0 aliphatic carbocycles. The molecule has 80 valence electrons. The van der Waals surface area contributed by atoms with Gasteiger partial charge in [0.05, 0.1) is 0 Å². The van der Waals surface area contributed by atoms with Crippen molar-refractivity contribution in [3.05, 3.63) is 17.3 Å². The Balaban J connectivity index is 2.36. The van der Waals surface area contributed by atoms with E-state index in [0.717, 1.165) is 5.56 Å². The zero-order valence-corrected chi connectivity index (χ0v) is 13.0. The molecule has 15 heavy (non-hydrogen) atoms. The van der Waals surface area contributed by atoms with Gasteiger partial charge in [-0.15, -0.1) is 0 Å². The molecular weight excluding hydrogens is 315 g/mol. The molecule has 0 amide bonds. The minimum atomic E-state index is -1.92. The van der Waals surface area contributed by atoms with Crippen LogP contribution in [0.15, 0.2) is 15.9 Å². The molecule has 0 spiro atoms. The van der Waals surface area contributed by atoms with Gasteiger partial charge in [-0.3, -0.25) is 0 Å². The van der Waals surface area contributed by atoms with Gasteiger partial charge in [-0.2, -0.15) is 0 Å². The molecular formula is C10H14N2OSSn. The van der Waals surface area contributed by atoms with E-state index in [1.54, 1.807) is 0 Å². The predicted octanol–water partition coefficient (Wildman–Crippen LogP) is 2.65. The second kappa shape index (κ2) is 3.90. The van der Waals surface area contributed by atoms with Crippen LogP contribution in [0, 0.1) is 6.92 Å². The first kappa shape index (κ1) is 11.1. The van der Waals surface area contributed by atoms with Crippen molar-refractivity contribution in [2.45, 2.75) is 21.7 Å². The van der Waals surface area contributed by atoms with Crippen LogP contribution in [0.25, 0.3) is 11.5 Å². The summed E-state index contributed by atoms with van der Waals surface area (Å²) in [5.74, 6) is 1.27. The van der Waals surface area contributed by atoms with Gasteiger partial charge in [0.2, 0.25) is 0 Å². The third-order valence-corrected chi connectivity index (χ3v) is 12.6. The Morgan fingerprint density at radius 2 is 2.00 bits per heavy atom. The molecule has 3 nitrogen and oxygen atoms in total. The fourth-order valence-corrected chi connectivity index (χ4v) is 7.44.